The Morgan fingerprint density at radius 3 is 2.60 bits per heavy atom. The monoisotopic (exact) mass is 223 g/mol. The molecule has 4 heteroatoms. The molecule has 0 bridgehead atoms. The highest BCUT2D eigenvalue weighted by molar-refractivity contribution is 8.00. The van der Waals surface area contributed by atoms with Gasteiger partial charge < -0.3 is 5.11 Å². The summed E-state index contributed by atoms with van der Waals surface area (Å²) in [6.07, 6.45) is 0. The minimum absolute atomic E-state index is 0.0994. The molecule has 1 aliphatic heterocycles. The lowest BCUT2D eigenvalue weighted by atomic mass is 10.2. The first-order valence-corrected chi connectivity index (χ1v) is 5.82. The molecule has 3 unspecified atom stereocenters. The van der Waals surface area contributed by atoms with Crippen molar-refractivity contribution in [2.24, 2.45) is 0 Å². The standard InChI is InChI=1S/C11H13NO2S/c1-7-9(11(13)14)12-10(15-7)8-5-3-2-4-6-8/h2-7,9-10,12H,1H3,(H,13,14). The maximum Gasteiger partial charge on any atom is 0.321 e. The summed E-state index contributed by atoms with van der Waals surface area (Å²) in [5.41, 5.74) is 1.14. The Labute approximate surface area is 92.9 Å². The SMILES string of the molecule is CC1SC(c2ccccc2)NC1C(=O)O. The van der Waals surface area contributed by atoms with Crippen molar-refractivity contribution < 1.29 is 9.90 Å². The Morgan fingerprint density at radius 1 is 1.40 bits per heavy atom. The molecule has 2 rings (SSSR count). The lowest BCUT2D eigenvalue weighted by molar-refractivity contribution is -0.139. The first kappa shape index (κ1) is 10.5. The maximum absolute atomic E-state index is 10.9. The molecule has 3 nitrogen and oxygen atoms in total. The van der Waals surface area contributed by atoms with E-state index in [4.69, 9.17) is 5.11 Å². The summed E-state index contributed by atoms with van der Waals surface area (Å²) in [5.74, 6) is -0.770. The topological polar surface area (TPSA) is 49.3 Å². The van der Waals surface area contributed by atoms with Crippen LogP contribution in [0.2, 0.25) is 0 Å². The predicted octanol–water partition coefficient (Wildman–Crippen LogP) is 1.86. The van der Waals surface area contributed by atoms with Crippen molar-refractivity contribution >= 4 is 17.7 Å². The lowest BCUT2D eigenvalue weighted by Gasteiger charge is -2.10. The van der Waals surface area contributed by atoms with E-state index in [1.54, 1.807) is 11.8 Å². The van der Waals surface area contributed by atoms with E-state index < -0.39 is 12.0 Å². The van der Waals surface area contributed by atoms with Gasteiger partial charge >= 0.3 is 5.97 Å². The highest BCUT2D eigenvalue weighted by atomic mass is 32.2. The van der Waals surface area contributed by atoms with Gasteiger partial charge in [-0.1, -0.05) is 37.3 Å². The van der Waals surface area contributed by atoms with E-state index in [0.717, 1.165) is 5.56 Å². The molecule has 1 aliphatic rings. The van der Waals surface area contributed by atoms with Gasteiger partial charge in [-0.05, 0) is 5.56 Å². The van der Waals surface area contributed by atoms with E-state index in [1.807, 2.05) is 37.3 Å². The molecule has 0 spiro atoms. The molecule has 2 N–H and O–H groups in total. The molecule has 1 aromatic rings. The van der Waals surface area contributed by atoms with Crippen molar-refractivity contribution in [1.82, 2.24) is 5.32 Å². The Hall–Kier alpha value is -1.00. The number of benzene rings is 1. The fraction of sp³-hybridized carbons (Fsp3) is 0.364. The second-order valence-corrected chi connectivity index (χ2v) is 5.10. The summed E-state index contributed by atoms with van der Waals surface area (Å²) in [6, 6.07) is 9.48. The second kappa shape index (κ2) is 4.24. The van der Waals surface area contributed by atoms with Gasteiger partial charge in [0.15, 0.2) is 0 Å². The smallest absolute Gasteiger partial charge is 0.321 e. The Kier molecular flexibility index (Phi) is 2.98. The summed E-state index contributed by atoms with van der Waals surface area (Å²) in [5, 5.41) is 12.3. The number of carboxylic acids is 1. The molecule has 0 saturated carbocycles. The lowest BCUT2D eigenvalue weighted by Crippen LogP contribution is -2.37. The molecule has 0 amide bonds. The van der Waals surface area contributed by atoms with Crippen molar-refractivity contribution in [3.63, 3.8) is 0 Å². The first-order valence-electron chi connectivity index (χ1n) is 4.88. The van der Waals surface area contributed by atoms with E-state index in [1.165, 1.54) is 0 Å². The van der Waals surface area contributed by atoms with Gasteiger partial charge in [-0.25, -0.2) is 0 Å². The van der Waals surface area contributed by atoms with Gasteiger partial charge in [-0.3, -0.25) is 10.1 Å². The van der Waals surface area contributed by atoms with Crippen LogP contribution in [0.4, 0.5) is 0 Å². The second-order valence-electron chi connectivity index (χ2n) is 3.61. The average molecular weight is 223 g/mol. The molecule has 0 aromatic heterocycles. The number of nitrogens with one attached hydrogen (secondary N) is 1. The van der Waals surface area contributed by atoms with E-state index in [-0.39, 0.29) is 10.6 Å². The summed E-state index contributed by atoms with van der Waals surface area (Å²) in [6.45, 7) is 1.94. The third kappa shape index (κ3) is 2.16. The number of aliphatic carboxylic acids is 1. The van der Waals surface area contributed by atoms with Crippen LogP contribution in [-0.4, -0.2) is 22.4 Å². The number of hydrogen-bond acceptors (Lipinski definition) is 3. The number of thioether (sulfide) groups is 1. The molecule has 1 fully saturated rings. The van der Waals surface area contributed by atoms with Gasteiger partial charge in [0.1, 0.15) is 6.04 Å². The van der Waals surface area contributed by atoms with Crippen molar-refractivity contribution in [3.8, 4) is 0 Å². The van der Waals surface area contributed by atoms with Gasteiger partial charge in [0.05, 0.1) is 5.37 Å². The zero-order chi connectivity index (χ0) is 10.8. The van der Waals surface area contributed by atoms with Crippen LogP contribution in [0.15, 0.2) is 30.3 Å². The van der Waals surface area contributed by atoms with Crippen molar-refractivity contribution in [1.29, 1.82) is 0 Å². The molecule has 1 heterocycles. The number of carboxylic acid groups (broad SMARTS) is 1. The van der Waals surface area contributed by atoms with Gasteiger partial charge in [0, 0.05) is 5.25 Å². The third-order valence-corrected chi connectivity index (χ3v) is 3.90. The molecule has 15 heavy (non-hydrogen) atoms. The van der Waals surface area contributed by atoms with Crippen LogP contribution in [0.25, 0.3) is 0 Å². The van der Waals surface area contributed by atoms with Crippen LogP contribution in [0.5, 0.6) is 0 Å². The van der Waals surface area contributed by atoms with Gasteiger partial charge in [-0.2, -0.15) is 0 Å². The summed E-state index contributed by atoms with van der Waals surface area (Å²) >= 11 is 1.66. The minimum Gasteiger partial charge on any atom is -0.480 e. The van der Waals surface area contributed by atoms with E-state index >= 15 is 0 Å². The molecular formula is C11H13NO2S. The van der Waals surface area contributed by atoms with Crippen LogP contribution < -0.4 is 5.32 Å². The fourth-order valence-electron chi connectivity index (χ4n) is 1.71. The Morgan fingerprint density at radius 2 is 2.07 bits per heavy atom. The zero-order valence-corrected chi connectivity index (χ0v) is 9.20. The fourth-order valence-corrected chi connectivity index (χ4v) is 3.03. The van der Waals surface area contributed by atoms with Crippen LogP contribution in [-0.2, 0) is 4.79 Å². The average Bonchev–Trinajstić information content (AvgIpc) is 2.62. The molecule has 1 saturated heterocycles. The largest absolute Gasteiger partial charge is 0.480 e. The van der Waals surface area contributed by atoms with Crippen molar-refractivity contribution in [3.05, 3.63) is 35.9 Å². The molecule has 1 aromatic carbocycles. The Balaban J connectivity index is 2.13. The van der Waals surface area contributed by atoms with Crippen LogP contribution in [0.1, 0.15) is 17.9 Å². The molecule has 0 aliphatic carbocycles. The summed E-state index contributed by atoms with van der Waals surface area (Å²) in [7, 11) is 0. The minimum atomic E-state index is -0.770. The van der Waals surface area contributed by atoms with Crippen LogP contribution in [0.3, 0.4) is 0 Å². The molecule has 3 atom stereocenters. The van der Waals surface area contributed by atoms with E-state index in [0.29, 0.717) is 0 Å². The summed E-state index contributed by atoms with van der Waals surface area (Å²) < 4.78 is 0. The zero-order valence-electron chi connectivity index (χ0n) is 8.38. The number of hydrogen-bond donors (Lipinski definition) is 2. The normalized spacial score (nSPS) is 30.3. The molecule has 0 radical (unpaired) electrons. The third-order valence-electron chi connectivity index (χ3n) is 2.52. The van der Waals surface area contributed by atoms with Crippen molar-refractivity contribution in [2.75, 3.05) is 0 Å². The summed E-state index contributed by atoms with van der Waals surface area (Å²) in [4.78, 5) is 10.9. The molecular weight excluding hydrogens is 210 g/mol. The van der Waals surface area contributed by atoms with E-state index in [9.17, 15) is 4.79 Å². The van der Waals surface area contributed by atoms with Gasteiger partial charge in [0.2, 0.25) is 0 Å². The van der Waals surface area contributed by atoms with Crippen molar-refractivity contribution in [2.45, 2.75) is 23.6 Å². The predicted molar refractivity (Wildman–Crippen MR) is 60.8 cm³/mol. The van der Waals surface area contributed by atoms with Gasteiger partial charge in [-0.15, -0.1) is 11.8 Å². The highest BCUT2D eigenvalue weighted by Gasteiger charge is 2.36. The quantitative estimate of drug-likeness (QED) is 0.803. The maximum atomic E-state index is 10.9. The van der Waals surface area contributed by atoms with Crippen LogP contribution >= 0.6 is 11.8 Å². The first-order chi connectivity index (χ1) is 7.18. The number of rotatable bonds is 2. The Bertz CT molecular complexity index is 355. The van der Waals surface area contributed by atoms with Crippen LogP contribution in [0, 0.1) is 0 Å². The highest BCUT2D eigenvalue weighted by Crippen LogP contribution is 2.37. The number of carbonyl (C=O) groups is 1. The molecule has 80 valence electrons. The van der Waals surface area contributed by atoms with E-state index in [2.05, 4.69) is 5.32 Å². The van der Waals surface area contributed by atoms with Gasteiger partial charge in [0.25, 0.3) is 0 Å².